The Kier molecular flexibility index (Phi) is 4.82. The summed E-state index contributed by atoms with van der Waals surface area (Å²) in [6.45, 7) is 1.94. The van der Waals surface area contributed by atoms with Crippen molar-refractivity contribution in [2.75, 3.05) is 5.32 Å². The Balaban J connectivity index is 1.29. The Hall–Kier alpha value is -3.81. The molecule has 0 aliphatic heterocycles. The zero-order chi connectivity index (χ0) is 21.4. The summed E-state index contributed by atoms with van der Waals surface area (Å²) in [7, 11) is 0. The average Bonchev–Trinajstić information content (AvgIpc) is 3.49. The second-order valence-electron chi connectivity index (χ2n) is 7.62. The number of carbonyl (C=O) groups is 1. The first kappa shape index (κ1) is 19.2. The number of anilines is 1. The van der Waals surface area contributed by atoms with Crippen LogP contribution in [0.1, 0.15) is 23.4 Å². The Labute approximate surface area is 177 Å². The molecule has 0 unspecified atom stereocenters. The molecule has 0 saturated heterocycles. The van der Waals surface area contributed by atoms with Gasteiger partial charge in [0, 0.05) is 17.4 Å². The summed E-state index contributed by atoms with van der Waals surface area (Å²) in [4.78, 5) is 21.3. The summed E-state index contributed by atoms with van der Waals surface area (Å²) in [5, 5.41) is 6.92. The predicted molar refractivity (Wildman–Crippen MR) is 113 cm³/mol. The molecule has 7 nitrogen and oxygen atoms in total. The molecule has 2 aromatic heterocycles. The lowest BCUT2D eigenvalue weighted by atomic mass is 10.1. The lowest BCUT2D eigenvalue weighted by Crippen LogP contribution is -2.19. The van der Waals surface area contributed by atoms with E-state index in [-0.39, 0.29) is 24.2 Å². The van der Waals surface area contributed by atoms with Gasteiger partial charge in [-0.25, -0.2) is 9.37 Å². The molecule has 5 rings (SSSR count). The average molecular weight is 417 g/mol. The van der Waals surface area contributed by atoms with Crippen molar-refractivity contribution < 1.29 is 13.7 Å². The molecule has 1 N–H and O–H groups in total. The zero-order valence-corrected chi connectivity index (χ0v) is 16.9. The van der Waals surface area contributed by atoms with Crippen molar-refractivity contribution in [3.05, 3.63) is 71.4 Å². The highest BCUT2D eigenvalue weighted by Crippen LogP contribution is 2.25. The summed E-state index contributed by atoms with van der Waals surface area (Å²) < 4.78 is 20.1. The molecule has 0 atom stereocenters. The minimum Gasteiger partial charge on any atom is -0.334 e. The van der Waals surface area contributed by atoms with Crippen LogP contribution in [0.15, 0.2) is 53.2 Å². The summed E-state index contributed by atoms with van der Waals surface area (Å²) in [5.74, 6) is 0.769. The molecule has 0 spiro atoms. The predicted octanol–water partition coefficient (Wildman–Crippen LogP) is 4.18. The van der Waals surface area contributed by atoms with Gasteiger partial charge in [-0.3, -0.25) is 4.79 Å². The van der Waals surface area contributed by atoms with Crippen LogP contribution in [0.4, 0.5) is 10.1 Å². The molecule has 0 radical (unpaired) electrons. The molecule has 0 bridgehead atoms. The van der Waals surface area contributed by atoms with Crippen molar-refractivity contribution in [2.24, 2.45) is 0 Å². The van der Waals surface area contributed by atoms with E-state index in [4.69, 9.17) is 4.52 Å². The van der Waals surface area contributed by atoms with E-state index in [9.17, 15) is 9.18 Å². The number of nitrogens with zero attached hydrogens (tertiary/aromatic N) is 4. The maximum Gasteiger partial charge on any atom is 0.258 e. The molecule has 4 aromatic rings. The summed E-state index contributed by atoms with van der Waals surface area (Å²) >= 11 is 0. The molecule has 1 amide bonds. The Morgan fingerprint density at radius 1 is 1.13 bits per heavy atom. The first-order chi connectivity index (χ1) is 15.0. The first-order valence-electron chi connectivity index (χ1n) is 10.1. The molecule has 1 aliphatic carbocycles. The fraction of sp³-hybridized carbons (Fsp3) is 0.217. The smallest absolute Gasteiger partial charge is 0.258 e. The van der Waals surface area contributed by atoms with Gasteiger partial charge in [0.2, 0.25) is 11.7 Å². The third-order valence-electron chi connectivity index (χ3n) is 5.42. The maximum absolute atomic E-state index is 13.1. The van der Waals surface area contributed by atoms with Gasteiger partial charge in [-0.2, -0.15) is 4.98 Å². The lowest BCUT2D eigenvalue weighted by Gasteiger charge is -2.08. The third-order valence-corrected chi connectivity index (χ3v) is 5.42. The number of nitrogens with one attached hydrogen (secondary N) is 1. The number of hydrogen-bond donors (Lipinski definition) is 1. The number of rotatable bonds is 5. The van der Waals surface area contributed by atoms with Crippen molar-refractivity contribution in [1.82, 2.24) is 19.7 Å². The molecule has 0 fully saturated rings. The number of halogens is 1. The monoisotopic (exact) mass is 417 g/mol. The molecule has 2 heterocycles. The molecule has 31 heavy (non-hydrogen) atoms. The quantitative estimate of drug-likeness (QED) is 0.527. The zero-order valence-electron chi connectivity index (χ0n) is 16.9. The van der Waals surface area contributed by atoms with Crippen LogP contribution < -0.4 is 5.32 Å². The van der Waals surface area contributed by atoms with Crippen molar-refractivity contribution in [2.45, 2.75) is 32.7 Å². The van der Waals surface area contributed by atoms with Crippen LogP contribution in [-0.2, 0) is 24.2 Å². The number of fused-ring (bicyclic) bond motifs is 1. The van der Waals surface area contributed by atoms with Crippen molar-refractivity contribution in [3.8, 4) is 23.0 Å². The molecule has 8 heteroatoms. The fourth-order valence-electron chi connectivity index (χ4n) is 3.82. The van der Waals surface area contributed by atoms with E-state index < -0.39 is 0 Å². The largest absolute Gasteiger partial charge is 0.334 e. The fourth-order valence-corrected chi connectivity index (χ4v) is 3.82. The Morgan fingerprint density at radius 2 is 1.94 bits per heavy atom. The van der Waals surface area contributed by atoms with Crippen LogP contribution in [0.3, 0.4) is 0 Å². The van der Waals surface area contributed by atoms with Gasteiger partial charge in [0.05, 0.1) is 0 Å². The number of carbonyl (C=O) groups excluding carboxylic acids is 1. The van der Waals surface area contributed by atoms with Crippen LogP contribution in [0, 0.1) is 12.7 Å². The summed E-state index contributed by atoms with van der Waals surface area (Å²) in [6.07, 6.45) is 5.06. The SMILES string of the molecule is Cc1nc(-c2noc(-c3ccc(F)cc3)n2)cn1CC(=O)Nc1ccc2c(c1)CCC2. The van der Waals surface area contributed by atoms with Crippen LogP contribution in [0.2, 0.25) is 0 Å². The molecule has 156 valence electrons. The van der Waals surface area contributed by atoms with Crippen molar-refractivity contribution >= 4 is 11.6 Å². The van der Waals surface area contributed by atoms with Gasteiger partial charge in [-0.1, -0.05) is 11.2 Å². The normalized spacial score (nSPS) is 12.7. The third kappa shape index (κ3) is 3.96. The number of aromatic nitrogens is 4. The van der Waals surface area contributed by atoms with E-state index in [2.05, 4.69) is 32.6 Å². The van der Waals surface area contributed by atoms with Gasteiger partial charge >= 0.3 is 0 Å². The highest BCUT2D eigenvalue weighted by atomic mass is 19.1. The Morgan fingerprint density at radius 3 is 2.77 bits per heavy atom. The van der Waals surface area contributed by atoms with E-state index >= 15 is 0 Å². The van der Waals surface area contributed by atoms with Crippen LogP contribution in [0.5, 0.6) is 0 Å². The minimum atomic E-state index is -0.337. The van der Waals surface area contributed by atoms with Gasteiger partial charge in [0.25, 0.3) is 5.89 Å². The molecule has 0 saturated carbocycles. The number of aryl methyl sites for hydroxylation is 3. The number of amides is 1. The van der Waals surface area contributed by atoms with Crippen LogP contribution >= 0.6 is 0 Å². The number of hydrogen-bond acceptors (Lipinski definition) is 5. The minimum absolute atomic E-state index is 0.124. The highest BCUT2D eigenvalue weighted by Gasteiger charge is 2.17. The van der Waals surface area contributed by atoms with Gasteiger partial charge in [-0.15, -0.1) is 0 Å². The van der Waals surface area contributed by atoms with E-state index in [1.807, 2.05) is 13.0 Å². The lowest BCUT2D eigenvalue weighted by molar-refractivity contribution is -0.116. The first-order valence-corrected chi connectivity index (χ1v) is 10.1. The molecule has 1 aliphatic rings. The van der Waals surface area contributed by atoms with Crippen LogP contribution in [0.25, 0.3) is 23.0 Å². The van der Waals surface area contributed by atoms with Gasteiger partial charge in [0.1, 0.15) is 23.9 Å². The number of benzene rings is 2. The Bertz CT molecular complexity index is 1260. The van der Waals surface area contributed by atoms with Crippen molar-refractivity contribution in [3.63, 3.8) is 0 Å². The molecular weight excluding hydrogens is 397 g/mol. The van der Waals surface area contributed by atoms with Gasteiger partial charge in [0.15, 0.2) is 0 Å². The van der Waals surface area contributed by atoms with Crippen molar-refractivity contribution in [1.29, 1.82) is 0 Å². The second kappa shape index (κ2) is 7.79. The molecule has 2 aromatic carbocycles. The van der Waals surface area contributed by atoms with Crippen LogP contribution in [-0.4, -0.2) is 25.6 Å². The van der Waals surface area contributed by atoms with Gasteiger partial charge < -0.3 is 14.4 Å². The number of imidazole rings is 1. The second-order valence-corrected chi connectivity index (χ2v) is 7.62. The van der Waals surface area contributed by atoms with E-state index in [0.717, 1.165) is 18.5 Å². The topological polar surface area (TPSA) is 85.8 Å². The summed E-state index contributed by atoms with van der Waals surface area (Å²) in [5.41, 5.74) is 4.61. The van der Waals surface area contributed by atoms with E-state index in [1.165, 1.54) is 29.7 Å². The highest BCUT2D eigenvalue weighted by molar-refractivity contribution is 5.90. The molecular formula is C23H20FN5O2. The van der Waals surface area contributed by atoms with E-state index in [0.29, 0.717) is 22.9 Å². The van der Waals surface area contributed by atoms with Gasteiger partial charge in [-0.05, 0) is 73.7 Å². The summed E-state index contributed by atoms with van der Waals surface area (Å²) in [6, 6.07) is 11.9. The maximum atomic E-state index is 13.1. The van der Waals surface area contributed by atoms with E-state index in [1.54, 1.807) is 22.9 Å². The standard InChI is InChI=1S/C23H20FN5O2/c1-14-25-20(22-27-23(31-28-22)16-5-8-18(24)9-6-16)12-29(14)13-21(30)26-19-10-7-15-3-2-4-17(15)11-19/h5-12H,2-4,13H2,1H3,(H,26,30).